The van der Waals surface area contributed by atoms with Crippen LogP contribution in [-0.4, -0.2) is 26.3 Å². The van der Waals surface area contributed by atoms with Gasteiger partial charge in [0.05, 0.1) is 17.7 Å². The average molecular weight is 248 g/mol. The standard InChI is InChI=1S/C11H11F3O3/c1-16-6-7-17-10(15)8-4-2-3-5-9(8)11(12,13)14/h2-5H,6-7H2,1H3. The number of carbonyl (C=O) groups is 1. The first-order valence-corrected chi connectivity index (χ1v) is 4.79. The third-order valence-corrected chi connectivity index (χ3v) is 1.97. The summed E-state index contributed by atoms with van der Waals surface area (Å²) >= 11 is 0. The third kappa shape index (κ3) is 3.74. The van der Waals surface area contributed by atoms with Gasteiger partial charge in [-0.3, -0.25) is 0 Å². The molecule has 0 aliphatic heterocycles. The molecule has 0 aliphatic rings. The van der Waals surface area contributed by atoms with E-state index in [9.17, 15) is 18.0 Å². The fourth-order valence-corrected chi connectivity index (χ4v) is 1.20. The summed E-state index contributed by atoms with van der Waals surface area (Å²) < 4.78 is 47.0. The van der Waals surface area contributed by atoms with Crippen molar-refractivity contribution < 1.29 is 27.4 Å². The zero-order valence-corrected chi connectivity index (χ0v) is 9.08. The predicted octanol–water partition coefficient (Wildman–Crippen LogP) is 2.51. The minimum Gasteiger partial charge on any atom is -0.460 e. The molecule has 0 saturated carbocycles. The Morgan fingerprint density at radius 2 is 1.88 bits per heavy atom. The normalized spacial score (nSPS) is 11.3. The highest BCUT2D eigenvalue weighted by Crippen LogP contribution is 2.32. The molecule has 1 aromatic carbocycles. The molecule has 94 valence electrons. The summed E-state index contributed by atoms with van der Waals surface area (Å²) in [5.74, 6) is -1.00. The molecule has 3 nitrogen and oxygen atoms in total. The first-order valence-electron chi connectivity index (χ1n) is 4.79. The van der Waals surface area contributed by atoms with Gasteiger partial charge in [0.15, 0.2) is 0 Å². The number of carbonyl (C=O) groups excluding carboxylic acids is 1. The number of halogens is 3. The second-order valence-corrected chi connectivity index (χ2v) is 3.17. The molecule has 0 spiro atoms. The number of hydrogen-bond acceptors (Lipinski definition) is 3. The van der Waals surface area contributed by atoms with Crippen LogP contribution < -0.4 is 0 Å². The third-order valence-electron chi connectivity index (χ3n) is 1.97. The second-order valence-electron chi connectivity index (χ2n) is 3.17. The van der Waals surface area contributed by atoms with Gasteiger partial charge < -0.3 is 9.47 Å². The van der Waals surface area contributed by atoms with Gasteiger partial charge in [-0.2, -0.15) is 13.2 Å². The lowest BCUT2D eigenvalue weighted by molar-refractivity contribution is -0.138. The highest BCUT2D eigenvalue weighted by molar-refractivity contribution is 5.91. The van der Waals surface area contributed by atoms with Gasteiger partial charge in [0.25, 0.3) is 0 Å². The fourth-order valence-electron chi connectivity index (χ4n) is 1.20. The highest BCUT2D eigenvalue weighted by atomic mass is 19.4. The van der Waals surface area contributed by atoms with Crippen molar-refractivity contribution in [1.29, 1.82) is 0 Å². The summed E-state index contributed by atoms with van der Waals surface area (Å²) in [7, 11) is 1.40. The van der Waals surface area contributed by atoms with Gasteiger partial charge >= 0.3 is 12.1 Å². The fraction of sp³-hybridized carbons (Fsp3) is 0.364. The summed E-state index contributed by atoms with van der Waals surface area (Å²) in [6.07, 6.45) is -4.57. The van der Waals surface area contributed by atoms with E-state index in [1.807, 2.05) is 0 Å². The Balaban J connectivity index is 2.86. The lowest BCUT2D eigenvalue weighted by Gasteiger charge is -2.11. The van der Waals surface area contributed by atoms with Crippen LogP contribution in [0.3, 0.4) is 0 Å². The van der Waals surface area contributed by atoms with Crippen LogP contribution in [0.15, 0.2) is 24.3 Å². The van der Waals surface area contributed by atoms with E-state index in [2.05, 4.69) is 9.47 Å². The smallest absolute Gasteiger partial charge is 0.417 e. The Morgan fingerprint density at radius 1 is 1.24 bits per heavy atom. The molecule has 1 rings (SSSR count). The van der Waals surface area contributed by atoms with Crippen LogP contribution in [0.2, 0.25) is 0 Å². The SMILES string of the molecule is COCCOC(=O)c1ccccc1C(F)(F)F. The second kappa shape index (κ2) is 5.67. The molecular formula is C11H11F3O3. The van der Waals surface area contributed by atoms with Gasteiger partial charge in [0.1, 0.15) is 6.61 Å². The van der Waals surface area contributed by atoms with Crippen LogP contribution >= 0.6 is 0 Å². The molecule has 0 saturated heterocycles. The molecule has 0 fully saturated rings. The van der Waals surface area contributed by atoms with E-state index in [-0.39, 0.29) is 13.2 Å². The molecule has 0 aromatic heterocycles. The number of esters is 1. The molecule has 0 amide bonds. The van der Waals surface area contributed by atoms with Gasteiger partial charge in [0, 0.05) is 7.11 Å². The summed E-state index contributed by atoms with van der Waals surface area (Å²) in [5, 5.41) is 0. The van der Waals surface area contributed by atoms with Crippen LogP contribution in [0.5, 0.6) is 0 Å². The van der Waals surface area contributed by atoms with Crippen molar-refractivity contribution >= 4 is 5.97 Å². The van der Waals surface area contributed by atoms with E-state index in [1.165, 1.54) is 19.2 Å². The van der Waals surface area contributed by atoms with Crippen LogP contribution in [0.1, 0.15) is 15.9 Å². The summed E-state index contributed by atoms with van der Waals surface area (Å²) in [4.78, 5) is 11.4. The van der Waals surface area contributed by atoms with Crippen molar-refractivity contribution in [2.45, 2.75) is 6.18 Å². The van der Waals surface area contributed by atoms with Gasteiger partial charge in [-0.1, -0.05) is 12.1 Å². The molecule has 17 heavy (non-hydrogen) atoms. The molecular weight excluding hydrogens is 237 g/mol. The first-order chi connectivity index (χ1) is 7.96. The molecule has 1 aromatic rings. The molecule has 0 heterocycles. The molecule has 0 radical (unpaired) electrons. The maximum Gasteiger partial charge on any atom is 0.417 e. The minimum absolute atomic E-state index is 0.0818. The summed E-state index contributed by atoms with van der Waals surface area (Å²) in [5.41, 5.74) is -1.49. The van der Waals surface area contributed by atoms with E-state index in [1.54, 1.807) is 0 Å². The van der Waals surface area contributed by atoms with Crippen LogP contribution in [0, 0.1) is 0 Å². The molecule has 0 bridgehead atoms. The highest BCUT2D eigenvalue weighted by Gasteiger charge is 2.35. The topological polar surface area (TPSA) is 35.5 Å². The number of rotatable bonds is 4. The summed E-state index contributed by atoms with van der Waals surface area (Å²) in [6.45, 7) is 0.0570. The van der Waals surface area contributed by atoms with E-state index in [4.69, 9.17) is 0 Å². The Bertz CT molecular complexity index is 388. The van der Waals surface area contributed by atoms with Crippen molar-refractivity contribution in [1.82, 2.24) is 0 Å². The van der Waals surface area contributed by atoms with Gasteiger partial charge in [-0.15, -0.1) is 0 Å². The summed E-state index contributed by atoms with van der Waals surface area (Å²) in [6, 6.07) is 4.49. The maximum atomic E-state index is 12.6. The first kappa shape index (κ1) is 13.5. The van der Waals surface area contributed by atoms with E-state index >= 15 is 0 Å². The van der Waals surface area contributed by atoms with Gasteiger partial charge in [0.2, 0.25) is 0 Å². The van der Waals surface area contributed by atoms with Crippen LogP contribution in [0.25, 0.3) is 0 Å². The van der Waals surface area contributed by atoms with Crippen molar-refractivity contribution in [2.24, 2.45) is 0 Å². The molecule has 0 N–H and O–H groups in total. The van der Waals surface area contributed by atoms with E-state index < -0.39 is 23.3 Å². The zero-order chi connectivity index (χ0) is 12.9. The predicted molar refractivity (Wildman–Crippen MR) is 53.6 cm³/mol. The maximum absolute atomic E-state index is 12.6. The number of hydrogen-bond donors (Lipinski definition) is 0. The van der Waals surface area contributed by atoms with Crippen molar-refractivity contribution in [3.8, 4) is 0 Å². The Kier molecular flexibility index (Phi) is 4.51. The molecule has 0 aliphatic carbocycles. The monoisotopic (exact) mass is 248 g/mol. The van der Waals surface area contributed by atoms with E-state index in [0.29, 0.717) is 0 Å². The van der Waals surface area contributed by atoms with Crippen molar-refractivity contribution in [3.63, 3.8) is 0 Å². The Hall–Kier alpha value is -1.56. The lowest BCUT2D eigenvalue weighted by atomic mass is 10.1. The van der Waals surface area contributed by atoms with Gasteiger partial charge in [-0.25, -0.2) is 4.79 Å². The van der Waals surface area contributed by atoms with Gasteiger partial charge in [-0.05, 0) is 12.1 Å². The number of methoxy groups -OCH3 is 1. The zero-order valence-electron chi connectivity index (χ0n) is 9.08. The molecule has 0 unspecified atom stereocenters. The van der Waals surface area contributed by atoms with Crippen LogP contribution in [-0.2, 0) is 15.7 Å². The van der Waals surface area contributed by atoms with E-state index in [0.717, 1.165) is 12.1 Å². The van der Waals surface area contributed by atoms with Crippen molar-refractivity contribution in [3.05, 3.63) is 35.4 Å². The largest absolute Gasteiger partial charge is 0.460 e. The Labute approximate surface area is 96.1 Å². The average Bonchev–Trinajstić information content (AvgIpc) is 2.28. The lowest BCUT2D eigenvalue weighted by Crippen LogP contribution is -2.16. The van der Waals surface area contributed by atoms with Crippen LogP contribution in [0.4, 0.5) is 13.2 Å². The number of alkyl halides is 3. The number of ether oxygens (including phenoxy) is 2. The quantitative estimate of drug-likeness (QED) is 0.606. The minimum atomic E-state index is -4.57. The Morgan fingerprint density at radius 3 is 2.47 bits per heavy atom. The van der Waals surface area contributed by atoms with Crippen molar-refractivity contribution in [2.75, 3.05) is 20.3 Å². The molecule has 0 atom stereocenters. The number of benzene rings is 1. The molecule has 6 heteroatoms.